The molecule has 4 nitrogen and oxygen atoms in total. The lowest BCUT2D eigenvalue weighted by Crippen LogP contribution is -2.46. The summed E-state index contributed by atoms with van der Waals surface area (Å²) in [5.41, 5.74) is 0.714. The number of hydrogen-bond donors (Lipinski definition) is 0. The highest BCUT2D eigenvalue weighted by Gasteiger charge is 2.14. The molecule has 1 heterocycles. The molecule has 122 valence electrons. The number of hydrogen-bond acceptors (Lipinski definition) is 4. The minimum absolute atomic E-state index is 0.0803. The molecule has 0 unspecified atom stereocenters. The van der Waals surface area contributed by atoms with Gasteiger partial charge in [0.25, 0.3) is 0 Å². The van der Waals surface area contributed by atoms with E-state index in [2.05, 4.69) is 16.7 Å². The van der Waals surface area contributed by atoms with Crippen molar-refractivity contribution in [2.24, 2.45) is 0 Å². The van der Waals surface area contributed by atoms with Crippen LogP contribution in [-0.4, -0.2) is 61.5 Å². The van der Waals surface area contributed by atoms with E-state index in [4.69, 9.17) is 4.74 Å². The lowest BCUT2D eigenvalue weighted by atomic mass is 10.1. The summed E-state index contributed by atoms with van der Waals surface area (Å²) in [7, 11) is 0. The second-order valence-corrected chi connectivity index (χ2v) is 5.92. The van der Waals surface area contributed by atoms with Gasteiger partial charge in [0.1, 0.15) is 5.75 Å². The molecule has 1 aromatic carbocycles. The van der Waals surface area contributed by atoms with E-state index < -0.39 is 0 Å². The van der Waals surface area contributed by atoms with E-state index in [-0.39, 0.29) is 5.78 Å². The summed E-state index contributed by atoms with van der Waals surface area (Å²) in [5, 5.41) is 0. The van der Waals surface area contributed by atoms with Gasteiger partial charge in [0.15, 0.2) is 5.78 Å². The smallest absolute Gasteiger partial charge is 0.159 e. The first kappa shape index (κ1) is 17.0. The average molecular weight is 304 g/mol. The van der Waals surface area contributed by atoms with Gasteiger partial charge in [-0.3, -0.25) is 4.79 Å². The van der Waals surface area contributed by atoms with Gasteiger partial charge in [-0.15, -0.1) is 0 Å². The highest BCUT2D eigenvalue weighted by molar-refractivity contribution is 5.94. The number of Topliss-reactive ketones (excluding diaryl/α,β-unsaturated/α-hetero) is 1. The Hall–Kier alpha value is -1.39. The van der Waals surface area contributed by atoms with Gasteiger partial charge in [0.05, 0.1) is 6.61 Å². The summed E-state index contributed by atoms with van der Waals surface area (Å²) in [5.74, 6) is 0.876. The molecule has 0 saturated carbocycles. The molecule has 0 aliphatic carbocycles. The zero-order chi connectivity index (χ0) is 15.8. The molecule has 1 saturated heterocycles. The summed E-state index contributed by atoms with van der Waals surface area (Å²) >= 11 is 0. The summed E-state index contributed by atoms with van der Waals surface area (Å²) in [6.07, 6.45) is 2.22. The number of piperazine rings is 1. The number of carbonyl (C=O) groups excluding carboxylic acids is 1. The number of carbonyl (C=O) groups is 1. The standard InChI is InChI=1S/C18H28N2O2/c1-3-19-10-12-20(13-11-19)9-4-5-14-22-18-8-6-7-17(15-18)16(2)21/h6-8,15H,3-5,9-14H2,1-2H3. The molecule has 0 bridgehead atoms. The maximum Gasteiger partial charge on any atom is 0.159 e. The Kier molecular flexibility index (Phi) is 6.87. The molecule has 2 rings (SSSR count). The summed E-state index contributed by atoms with van der Waals surface area (Å²) in [6, 6.07) is 7.44. The SMILES string of the molecule is CCN1CCN(CCCCOc2cccc(C(C)=O)c2)CC1. The van der Waals surface area contributed by atoms with Crippen LogP contribution in [0.3, 0.4) is 0 Å². The summed E-state index contributed by atoms with van der Waals surface area (Å²) in [4.78, 5) is 16.4. The fraction of sp³-hybridized carbons (Fsp3) is 0.611. The van der Waals surface area contributed by atoms with E-state index in [1.165, 1.54) is 39.1 Å². The van der Waals surface area contributed by atoms with Gasteiger partial charge in [0.2, 0.25) is 0 Å². The van der Waals surface area contributed by atoms with Crippen LogP contribution in [0.15, 0.2) is 24.3 Å². The van der Waals surface area contributed by atoms with Gasteiger partial charge in [-0.25, -0.2) is 0 Å². The van der Waals surface area contributed by atoms with E-state index in [0.717, 1.165) is 25.3 Å². The second kappa shape index (κ2) is 8.91. The van der Waals surface area contributed by atoms with Crippen molar-refractivity contribution in [1.29, 1.82) is 0 Å². The van der Waals surface area contributed by atoms with Crippen molar-refractivity contribution >= 4 is 5.78 Å². The van der Waals surface area contributed by atoms with Crippen LogP contribution in [0.2, 0.25) is 0 Å². The molecule has 22 heavy (non-hydrogen) atoms. The predicted molar refractivity (Wildman–Crippen MR) is 89.7 cm³/mol. The van der Waals surface area contributed by atoms with Gasteiger partial charge in [-0.2, -0.15) is 0 Å². The number of likely N-dealkylation sites (N-methyl/N-ethyl adjacent to an activating group) is 1. The molecule has 1 fully saturated rings. The van der Waals surface area contributed by atoms with Crippen LogP contribution in [0, 0.1) is 0 Å². The lowest BCUT2D eigenvalue weighted by Gasteiger charge is -2.33. The van der Waals surface area contributed by atoms with Crippen molar-refractivity contribution in [3.8, 4) is 5.75 Å². The van der Waals surface area contributed by atoms with E-state index in [9.17, 15) is 4.79 Å². The van der Waals surface area contributed by atoms with Crippen LogP contribution in [0.4, 0.5) is 0 Å². The normalized spacial score (nSPS) is 16.6. The maximum absolute atomic E-state index is 11.3. The van der Waals surface area contributed by atoms with Crippen LogP contribution in [-0.2, 0) is 0 Å². The average Bonchev–Trinajstić information content (AvgIpc) is 2.55. The minimum Gasteiger partial charge on any atom is -0.494 e. The van der Waals surface area contributed by atoms with Crippen molar-refractivity contribution in [1.82, 2.24) is 9.80 Å². The van der Waals surface area contributed by atoms with E-state index in [1.807, 2.05) is 24.3 Å². The van der Waals surface area contributed by atoms with Gasteiger partial charge >= 0.3 is 0 Å². The van der Waals surface area contributed by atoms with E-state index in [1.54, 1.807) is 6.92 Å². The van der Waals surface area contributed by atoms with Crippen LogP contribution in [0.1, 0.15) is 37.0 Å². The molecule has 0 N–H and O–H groups in total. The highest BCUT2D eigenvalue weighted by Crippen LogP contribution is 2.14. The molecule has 0 atom stereocenters. The Bertz CT molecular complexity index is 468. The van der Waals surface area contributed by atoms with Gasteiger partial charge in [-0.05, 0) is 45.0 Å². The minimum atomic E-state index is 0.0803. The number of benzene rings is 1. The number of nitrogens with zero attached hydrogens (tertiary/aromatic N) is 2. The Morgan fingerprint density at radius 2 is 1.86 bits per heavy atom. The lowest BCUT2D eigenvalue weighted by molar-refractivity contribution is 0.101. The molecule has 1 aromatic rings. The van der Waals surface area contributed by atoms with Crippen LogP contribution in [0.5, 0.6) is 5.75 Å². The predicted octanol–water partition coefficient (Wildman–Crippen LogP) is 2.69. The van der Waals surface area contributed by atoms with Gasteiger partial charge < -0.3 is 14.5 Å². The maximum atomic E-state index is 11.3. The Labute approximate surface area is 134 Å². The first-order chi connectivity index (χ1) is 10.7. The number of ether oxygens (including phenoxy) is 1. The van der Waals surface area contributed by atoms with Crippen LogP contribution >= 0.6 is 0 Å². The van der Waals surface area contributed by atoms with Crippen LogP contribution < -0.4 is 4.74 Å². The molecule has 1 aliphatic heterocycles. The second-order valence-electron chi connectivity index (χ2n) is 5.92. The molecular weight excluding hydrogens is 276 g/mol. The third-order valence-corrected chi connectivity index (χ3v) is 4.29. The summed E-state index contributed by atoms with van der Waals surface area (Å²) < 4.78 is 5.74. The largest absolute Gasteiger partial charge is 0.494 e. The fourth-order valence-corrected chi connectivity index (χ4v) is 2.76. The Morgan fingerprint density at radius 3 is 2.55 bits per heavy atom. The molecule has 0 radical (unpaired) electrons. The molecule has 1 aliphatic rings. The number of unbranched alkanes of at least 4 members (excludes halogenated alkanes) is 1. The Morgan fingerprint density at radius 1 is 1.14 bits per heavy atom. The zero-order valence-corrected chi connectivity index (χ0v) is 13.9. The Balaban J connectivity index is 1.60. The monoisotopic (exact) mass is 304 g/mol. The first-order valence-electron chi connectivity index (χ1n) is 8.37. The third-order valence-electron chi connectivity index (χ3n) is 4.29. The first-order valence-corrected chi connectivity index (χ1v) is 8.37. The molecule has 4 heteroatoms. The van der Waals surface area contributed by atoms with Gasteiger partial charge in [0, 0.05) is 31.7 Å². The number of rotatable bonds is 8. The quantitative estimate of drug-likeness (QED) is 0.546. The van der Waals surface area contributed by atoms with Gasteiger partial charge in [-0.1, -0.05) is 19.1 Å². The van der Waals surface area contributed by atoms with E-state index >= 15 is 0 Å². The molecule has 0 amide bonds. The zero-order valence-electron chi connectivity index (χ0n) is 13.9. The molecule has 0 aromatic heterocycles. The van der Waals surface area contributed by atoms with Crippen molar-refractivity contribution in [2.75, 3.05) is 45.9 Å². The van der Waals surface area contributed by atoms with Crippen LogP contribution in [0.25, 0.3) is 0 Å². The fourth-order valence-electron chi connectivity index (χ4n) is 2.76. The third kappa shape index (κ3) is 5.43. The van der Waals surface area contributed by atoms with Crippen molar-refractivity contribution < 1.29 is 9.53 Å². The van der Waals surface area contributed by atoms with Crippen molar-refractivity contribution in [3.05, 3.63) is 29.8 Å². The molecular formula is C18H28N2O2. The van der Waals surface area contributed by atoms with E-state index in [0.29, 0.717) is 5.56 Å². The highest BCUT2D eigenvalue weighted by atomic mass is 16.5. The topological polar surface area (TPSA) is 32.8 Å². The number of ketones is 1. The van der Waals surface area contributed by atoms with Crippen molar-refractivity contribution in [3.63, 3.8) is 0 Å². The van der Waals surface area contributed by atoms with Crippen molar-refractivity contribution in [2.45, 2.75) is 26.7 Å². The molecule has 0 spiro atoms. The summed E-state index contributed by atoms with van der Waals surface area (Å²) in [6.45, 7) is 11.6.